The lowest BCUT2D eigenvalue weighted by Crippen LogP contribution is -2.55. The molecular formula is C23H29N3O2. The van der Waals surface area contributed by atoms with Gasteiger partial charge in [0, 0.05) is 24.2 Å². The van der Waals surface area contributed by atoms with Gasteiger partial charge >= 0.3 is 0 Å². The zero-order chi connectivity index (χ0) is 19.4. The fraction of sp³-hybridized carbons (Fsp3) is 0.565. The van der Waals surface area contributed by atoms with Gasteiger partial charge in [-0.2, -0.15) is 5.10 Å². The van der Waals surface area contributed by atoms with Gasteiger partial charge in [0.1, 0.15) is 5.75 Å². The maximum Gasteiger partial charge on any atom is 0.272 e. The average molecular weight is 380 g/mol. The smallest absolute Gasteiger partial charge is 0.272 e. The molecule has 4 fully saturated rings. The summed E-state index contributed by atoms with van der Waals surface area (Å²) in [7, 11) is 3.57. The molecule has 1 heterocycles. The van der Waals surface area contributed by atoms with E-state index in [4.69, 9.17) is 4.74 Å². The highest BCUT2D eigenvalue weighted by atomic mass is 16.5. The van der Waals surface area contributed by atoms with Crippen molar-refractivity contribution in [3.63, 3.8) is 0 Å². The molecule has 0 aliphatic heterocycles. The first-order valence-electron chi connectivity index (χ1n) is 10.5. The Morgan fingerprint density at radius 2 is 1.82 bits per heavy atom. The number of aryl methyl sites for hydroxylation is 1. The molecule has 0 atom stereocenters. The Labute approximate surface area is 166 Å². The van der Waals surface area contributed by atoms with Crippen LogP contribution in [-0.2, 0) is 7.05 Å². The quantitative estimate of drug-likeness (QED) is 0.875. The number of hydrogen-bond acceptors (Lipinski definition) is 3. The van der Waals surface area contributed by atoms with E-state index in [1.54, 1.807) is 7.11 Å². The largest absolute Gasteiger partial charge is 0.497 e. The number of nitrogens with one attached hydrogen (secondary N) is 1. The summed E-state index contributed by atoms with van der Waals surface area (Å²) in [5.41, 5.74) is 3.46. The fourth-order valence-corrected chi connectivity index (χ4v) is 6.40. The first-order valence-corrected chi connectivity index (χ1v) is 10.5. The third-order valence-electron chi connectivity index (χ3n) is 7.37. The van der Waals surface area contributed by atoms with Crippen LogP contribution in [0.1, 0.15) is 48.2 Å². The maximum absolute atomic E-state index is 13.2. The molecule has 28 heavy (non-hydrogen) atoms. The minimum Gasteiger partial charge on any atom is -0.497 e. The van der Waals surface area contributed by atoms with Gasteiger partial charge in [-0.1, -0.05) is 12.1 Å². The molecule has 2 aromatic rings. The molecule has 0 saturated heterocycles. The maximum atomic E-state index is 13.2. The van der Waals surface area contributed by atoms with Gasteiger partial charge in [-0.3, -0.25) is 9.48 Å². The van der Waals surface area contributed by atoms with Gasteiger partial charge in [-0.05, 0) is 74.8 Å². The summed E-state index contributed by atoms with van der Waals surface area (Å²) < 4.78 is 7.17. The van der Waals surface area contributed by atoms with Crippen molar-refractivity contribution in [1.29, 1.82) is 0 Å². The molecule has 4 aliphatic rings. The van der Waals surface area contributed by atoms with Gasteiger partial charge in [0.15, 0.2) is 5.69 Å². The summed E-state index contributed by atoms with van der Waals surface area (Å²) in [6, 6.07) is 8.25. The number of nitrogens with zero attached hydrogens (tertiary/aromatic N) is 2. The minimum absolute atomic E-state index is 0.0141. The predicted molar refractivity (Wildman–Crippen MR) is 108 cm³/mol. The second-order valence-corrected chi connectivity index (χ2v) is 9.11. The first kappa shape index (κ1) is 17.8. The lowest BCUT2D eigenvalue weighted by Gasteiger charge is -2.54. The van der Waals surface area contributed by atoms with E-state index in [0.717, 1.165) is 34.4 Å². The molecule has 1 N–H and O–H groups in total. The lowest BCUT2D eigenvalue weighted by molar-refractivity contribution is -0.0120. The molecule has 4 aliphatic carbocycles. The van der Waals surface area contributed by atoms with E-state index in [1.165, 1.54) is 32.1 Å². The van der Waals surface area contributed by atoms with Gasteiger partial charge in [0.2, 0.25) is 0 Å². The van der Waals surface area contributed by atoms with Crippen LogP contribution in [0.2, 0.25) is 0 Å². The zero-order valence-corrected chi connectivity index (χ0v) is 16.9. The molecule has 6 rings (SSSR count). The first-order chi connectivity index (χ1) is 13.5. The van der Waals surface area contributed by atoms with Crippen molar-refractivity contribution in [2.75, 3.05) is 7.11 Å². The molecule has 5 nitrogen and oxygen atoms in total. The summed E-state index contributed by atoms with van der Waals surface area (Å²) >= 11 is 0. The number of amides is 1. The lowest BCUT2D eigenvalue weighted by atomic mass is 9.54. The summed E-state index contributed by atoms with van der Waals surface area (Å²) in [5, 5.41) is 7.98. The standard InChI is InChI=1S/C23H29N3O2/c1-13-20(25-26(2)22(13)16-5-4-6-19(12-16)28-3)23(27)24-21-17-8-14-7-15(10-17)11-18(21)9-14/h4-6,12,14-15,17-18,21H,7-11H2,1-3H3,(H,24,27). The predicted octanol–water partition coefficient (Wildman–Crippen LogP) is 3.96. The number of hydrogen-bond donors (Lipinski definition) is 1. The molecule has 0 radical (unpaired) electrons. The van der Waals surface area contributed by atoms with Gasteiger partial charge in [-0.15, -0.1) is 0 Å². The van der Waals surface area contributed by atoms with Gasteiger partial charge < -0.3 is 10.1 Å². The van der Waals surface area contributed by atoms with Crippen molar-refractivity contribution in [2.24, 2.45) is 30.7 Å². The van der Waals surface area contributed by atoms with Crippen molar-refractivity contribution in [3.8, 4) is 17.0 Å². The van der Waals surface area contributed by atoms with Crippen molar-refractivity contribution < 1.29 is 9.53 Å². The van der Waals surface area contributed by atoms with Crippen LogP contribution in [0.25, 0.3) is 11.3 Å². The van der Waals surface area contributed by atoms with E-state index < -0.39 is 0 Å². The Morgan fingerprint density at radius 1 is 1.14 bits per heavy atom. The molecule has 4 saturated carbocycles. The molecule has 5 heteroatoms. The Morgan fingerprint density at radius 3 is 2.46 bits per heavy atom. The highest BCUT2D eigenvalue weighted by molar-refractivity contribution is 5.95. The van der Waals surface area contributed by atoms with Gasteiger partial charge in [0.25, 0.3) is 5.91 Å². The Hall–Kier alpha value is -2.30. The van der Waals surface area contributed by atoms with Gasteiger partial charge in [0.05, 0.1) is 12.8 Å². The molecule has 148 valence electrons. The second-order valence-electron chi connectivity index (χ2n) is 9.11. The number of rotatable bonds is 4. The van der Waals surface area contributed by atoms with Gasteiger partial charge in [-0.25, -0.2) is 0 Å². The Balaban J connectivity index is 1.40. The Bertz CT molecular complexity index is 889. The molecular weight excluding hydrogens is 350 g/mol. The van der Waals surface area contributed by atoms with E-state index in [9.17, 15) is 4.79 Å². The highest BCUT2D eigenvalue weighted by Gasteiger charge is 2.48. The van der Waals surface area contributed by atoms with Crippen molar-refractivity contribution in [3.05, 3.63) is 35.5 Å². The van der Waals surface area contributed by atoms with Crippen LogP contribution < -0.4 is 10.1 Å². The number of benzene rings is 1. The van der Waals surface area contributed by atoms with Crippen molar-refractivity contribution in [2.45, 2.75) is 45.1 Å². The van der Waals surface area contributed by atoms with E-state index in [2.05, 4.69) is 10.4 Å². The Kier molecular flexibility index (Phi) is 4.22. The summed E-state index contributed by atoms with van der Waals surface area (Å²) in [6.07, 6.45) is 6.63. The third kappa shape index (κ3) is 2.83. The van der Waals surface area contributed by atoms with Crippen LogP contribution in [0.15, 0.2) is 24.3 Å². The normalized spacial score (nSPS) is 30.5. The molecule has 1 amide bonds. The van der Waals surface area contributed by atoms with Crippen LogP contribution in [0.3, 0.4) is 0 Å². The zero-order valence-electron chi connectivity index (χ0n) is 16.9. The fourth-order valence-electron chi connectivity index (χ4n) is 6.40. The minimum atomic E-state index is -0.0141. The number of carbonyl (C=O) groups excluding carboxylic acids is 1. The molecule has 0 unspecified atom stereocenters. The molecule has 4 bridgehead atoms. The van der Waals surface area contributed by atoms with E-state index in [1.807, 2.05) is 42.9 Å². The van der Waals surface area contributed by atoms with Crippen molar-refractivity contribution in [1.82, 2.24) is 15.1 Å². The monoisotopic (exact) mass is 379 g/mol. The third-order valence-corrected chi connectivity index (χ3v) is 7.37. The van der Waals surface area contributed by atoms with Crippen LogP contribution >= 0.6 is 0 Å². The van der Waals surface area contributed by atoms with E-state index in [-0.39, 0.29) is 5.91 Å². The summed E-state index contributed by atoms with van der Waals surface area (Å²) in [4.78, 5) is 13.2. The van der Waals surface area contributed by atoms with Crippen LogP contribution in [0.5, 0.6) is 5.75 Å². The summed E-state index contributed by atoms with van der Waals surface area (Å²) in [6.45, 7) is 1.99. The SMILES string of the molecule is COc1cccc(-c2c(C)c(C(=O)NC3C4CC5CC(C4)CC3C5)nn2C)c1. The number of aromatic nitrogens is 2. The molecule has 1 aromatic carbocycles. The summed E-state index contributed by atoms with van der Waals surface area (Å²) in [5.74, 6) is 3.94. The average Bonchev–Trinajstić information content (AvgIpc) is 2.98. The van der Waals surface area contributed by atoms with E-state index in [0.29, 0.717) is 23.6 Å². The van der Waals surface area contributed by atoms with Crippen LogP contribution in [-0.4, -0.2) is 28.8 Å². The molecule has 1 aromatic heterocycles. The van der Waals surface area contributed by atoms with Crippen molar-refractivity contribution >= 4 is 5.91 Å². The number of carbonyl (C=O) groups is 1. The topological polar surface area (TPSA) is 56.1 Å². The van der Waals surface area contributed by atoms with Crippen LogP contribution in [0, 0.1) is 30.6 Å². The van der Waals surface area contributed by atoms with E-state index >= 15 is 0 Å². The molecule has 0 spiro atoms. The van der Waals surface area contributed by atoms with Crippen LogP contribution in [0.4, 0.5) is 0 Å². The number of methoxy groups -OCH3 is 1. The highest BCUT2D eigenvalue weighted by Crippen LogP contribution is 2.53. The number of ether oxygens (including phenoxy) is 1. The second kappa shape index (κ2) is 6.64.